The standard InChI is InChI=1S/C9H23PSi2/c1-10(2,3)9-11(4,5)8-12(9,6)7/h8H2,1-7H3. The summed E-state index contributed by atoms with van der Waals surface area (Å²) in [6.07, 6.45) is 0. The molecule has 0 aromatic heterocycles. The second-order valence-corrected chi connectivity index (χ2v) is 22.1. The van der Waals surface area contributed by atoms with Gasteiger partial charge in [-0.1, -0.05) is 36.4 Å². The Morgan fingerprint density at radius 1 is 0.917 bits per heavy atom. The van der Waals surface area contributed by atoms with Crippen LogP contribution in [-0.2, 0) is 0 Å². The molecule has 0 nitrogen and oxygen atoms in total. The van der Waals surface area contributed by atoms with Crippen molar-refractivity contribution < 1.29 is 0 Å². The van der Waals surface area contributed by atoms with Crippen molar-refractivity contribution in [3.63, 3.8) is 0 Å². The minimum atomic E-state index is -0.823. The monoisotopic (exact) mass is 218 g/mol. The lowest BCUT2D eigenvalue weighted by Crippen LogP contribution is -2.68. The third kappa shape index (κ3) is 1.66. The van der Waals surface area contributed by atoms with E-state index in [2.05, 4.69) is 50.7 Å². The fraction of sp³-hybridized carbons (Fsp3) is 0.889. The fourth-order valence-electron chi connectivity index (χ4n) is 3.90. The van der Waals surface area contributed by atoms with Crippen LogP contribution in [0, 0.1) is 0 Å². The van der Waals surface area contributed by atoms with E-state index in [1.54, 1.807) is 5.67 Å². The Bertz CT molecular complexity index is 233. The van der Waals surface area contributed by atoms with Crippen LogP contribution in [0.4, 0.5) is 0 Å². The van der Waals surface area contributed by atoms with E-state index in [0.717, 1.165) is 0 Å². The van der Waals surface area contributed by atoms with Crippen LogP contribution in [0.15, 0.2) is 0 Å². The Balaban J connectivity index is 3.20. The topological polar surface area (TPSA) is 0 Å². The smallest absolute Gasteiger partial charge is 0.0691 e. The van der Waals surface area contributed by atoms with E-state index in [0.29, 0.717) is 0 Å². The molecule has 0 bridgehead atoms. The maximum absolute atomic E-state index is 2.58. The van der Waals surface area contributed by atoms with Crippen LogP contribution in [0.5, 0.6) is 0 Å². The van der Waals surface area contributed by atoms with Crippen molar-refractivity contribution in [3.05, 3.63) is 0 Å². The van der Waals surface area contributed by atoms with E-state index in [1.807, 2.05) is 0 Å². The first kappa shape index (κ1) is 10.8. The summed E-state index contributed by atoms with van der Waals surface area (Å²) in [4.78, 5) is 0. The molecule has 0 atom stereocenters. The summed E-state index contributed by atoms with van der Waals surface area (Å²) in [5, 5.41) is 0. The summed E-state index contributed by atoms with van der Waals surface area (Å²) >= 11 is 0. The lowest BCUT2D eigenvalue weighted by Gasteiger charge is -2.53. The summed E-state index contributed by atoms with van der Waals surface area (Å²) in [7, 11) is -1.65. The highest BCUT2D eigenvalue weighted by Gasteiger charge is 2.52. The molecule has 12 heavy (non-hydrogen) atoms. The third-order valence-corrected chi connectivity index (χ3v) is 25.5. The van der Waals surface area contributed by atoms with Gasteiger partial charge in [-0.05, 0) is 20.0 Å². The predicted molar refractivity (Wildman–Crippen MR) is 69.5 cm³/mol. The number of hydrogen-bond donors (Lipinski definition) is 0. The molecule has 0 N–H and O–H groups in total. The first-order valence-corrected chi connectivity index (χ1v) is 14.3. The van der Waals surface area contributed by atoms with Crippen molar-refractivity contribution in [2.75, 3.05) is 20.0 Å². The molecular weight excluding hydrogens is 195 g/mol. The predicted octanol–water partition coefficient (Wildman–Crippen LogP) is 3.11. The average molecular weight is 218 g/mol. The van der Waals surface area contributed by atoms with E-state index in [-0.39, 0.29) is 0 Å². The molecule has 0 saturated carbocycles. The first-order chi connectivity index (χ1) is 5.07. The average Bonchev–Trinajstić information content (AvgIpc) is 1.48. The molecule has 1 aliphatic rings. The molecule has 1 aliphatic heterocycles. The van der Waals surface area contributed by atoms with E-state index in [4.69, 9.17) is 0 Å². The SMILES string of the molecule is C[Si]1(C)C[Si](C)(C)C1=P(C)(C)C. The van der Waals surface area contributed by atoms with Crippen molar-refractivity contribution in [2.24, 2.45) is 0 Å². The van der Waals surface area contributed by atoms with Gasteiger partial charge in [0.25, 0.3) is 0 Å². The molecule has 0 aliphatic carbocycles. The van der Waals surface area contributed by atoms with Crippen LogP contribution in [-0.4, -0.2) is 40.7 Å². The van der Waals surface area contributed by atoms with Crippen LogP contribution in [0.1, 0.15) is 0 Å². The van der Waals surface area contributed by atoms with Crippen molar-refractivity contribution in [2.45, 2.75) is 31.9 Å². The van der Waals surface area contributed by atoms with Crippen molar-refractivity contribution in [3.8, 4) is 0 Å². The largest absolute Gasteiger partial charge is 0.122 e. The molecule has 0 radical (unpaired) electrons. The summed E-state index contributed by atoms with van der Waals surface area (Å²) in [5.74, 6) is 0. The lowest BCUT2D eigenvalue weighted by molar-refractivity contribution is 1.57. The van der Waals surface area contributed by atoms with Crippen molar-refractivity contribution in [1.82, 2.24) is 0 Å². The number of hydrogen-bond acceptors (Lipinski definition) is 0. The van der Waals surface area contributed by atoms with Crippen LogP contribution >= 0.6 is 6.89 Å². The Morgan fingerprint density at radius 2 is 1.25 bits per heavy atom. The second kappa shape index (κ2) is 2.62. The van der Waals surface area contributed by atoms with Gasteiger partial charge in [-0.15, -0.1) is 6.89 Å². The maximum atomic E-state index is 2.58. The normalized spacial score (nSPS) is 26.8. The molecule has 1 fully saturated rings. The molecule has 0 spiro atoms. The van der Waals surface area contributed by atoms with E-state index < -0.39 is 23.0 Å². The van der Waals surface area contributed by atoms with Gasteiger partial charge in [-0.3, -0.25) is 0 Å². The molecule has 0 unspecified atom stereocenters. The summed E-state index contributed by atoms with van der Waals surface area (Å²) in [6.45, 7) is 17.2. The molecule has 1 rings (SSSR count). The number of rotatable bonds is 0. The summed E-state index contributed by atoms with van der Waals surface area (Å²) in [5.41, 5.74) is 1.65. The van der Waals surface area contributed by atoms with Crippen molar-refractivity contribution >= 4 is 27.6 Å². The van der Waals surface area contributed by atoms with Gasteiger partial charge >= 0.3 is 0 Å². The molecule has 0 aromatic carbocycles. The minimum Gasteiger partial charge on any atom is -0.122 e. The van der Waals surface area contributed by atoms with Gasteiger partial charge in [0.1, 0.15) is 0 Å². The summed E-state index contributed by atoms with van der Waals surface area (Å²) < 4.78 is 2.13. The lowest BCUT2D eigenvalue weighted by atomic mass is 11.6. The van der Waals surface area contributed by atoms with Crippen LogP contribution in [0.2, 0.25) is 31.9 Å². The van der Waals surface area contributed by atoms with Gasteiger partial charge in [0, 0.05) is 0 Å². The Morgan fingerprint density at radius 3 is 1.33 bits per heavy atom. The molecule has 72 valence electrons. The van der Waals surface area contributed by atoms with Crippen molar-refractivity contribution in [1.29, 1.82) is 0 Å². The highest BCUT2D eigenvalue weighted by molar-refractivity contribution is 7.87. The zero-order valence-electron chi connectivity index (χ0n) is 9.65. The van der Waals surface area contributed by atoms with Crippen LogP contribution < -0.4 is 0 Å². The summed E-state index contributed by atoms with van der Waals surface area (Å²) in [6, 6.07) is 0. The molecule has 0 amide bonds. The molecule has 0 aromatic rings. The Kier molecular flexibility index (Phi) is 2.36. The minimum absolute atomic E-state index is 0.623. The molecule has 3 heteroatoms. The van der Waals surface area contributed by atoms with Crippen LogP contribution in [0.25, 0.3) is 0 Å². The van der Waals surface area contributed by atoms with Gasteiger partial charge in [0.05, 0.1) is 16.1 Å². The molecule has 1 heterocycles. The molecular formula is C9H23PSi2. The van der Waals surface area contributed by atoms with E-state index in [1.165, 1.54) is 0 Å². The van der Waals surface area contributed by atoms with Crippen LogP contribution in [0.3, 0.4) is 0 Å². The van der Waals surface area contributed by atoms with Gasteiger partial charge in [-0.2, -0.15) is 0 Å². The van der Waals surface area contributed by atoms with E-state index >= 15 is 0 Å². The van der Waals surface area contributed by atoms with Gasteiger partial charge in [0.2, 0.25) is 0 Å². The first-order valence-electron chi connectivity index (χ1n) is 4.77. The van der Waals surface area contributed by atoms with E-state index in [9.17, 15) is 0 Å². The highest BCUT2D eigenvalue weighted by atomic mass is 31.2. The highest BCUT2D eigenvalue weighted by Crippen LogP contribution is 2.50. The fourth-order valence-corrected chi connectivity index (χ4v) is 36.5. The zero-order valence-corrected chi connectivity index (χ0v) is 12.5. The van der Waals surface area contributed by atoms with Gasteiger partial charge < -0.3 is 0 Å². The van der Waals surface area contributed by atoms with Gasteiger partial charge in [0.15, 0.2) is 0 Å². The molecule has 1 saturated heterocycles. The zero-order chi connectivity index (χ0) is 9.78. The Hall–Kier alpha value is 0.734. The Labute approximate surface area is 79.8 Å². The third-order valence-electron chi connectivity index (χ3n) is 2.84. The second-order valence-electron chi connectivity index (χ2n) is 6.31. The van der Waals surface area contributed by atoms with Gasteiger partial charge in [-0.25, -0.2) is 0 Å². The maximum Gasteiger partial charge on any atom is 0.0691 e. The quantitative estimate of drug-likeness (QED) is 0.433.